The molecule has 0 aliphatic heterocycles. The van der Waals surface area contributed by atoms with E-state index in [1.54, 1.807) is 0 Å². The second kappa shape index (κ2) is 11.3. The van der Waals surface area contributed by atoms with Crippen LogP contribution in [0.2, 0.25) is 15.8 Å². The molecule has 0 unspecified atom stereocenters. The van der Waals surface area contributed by atoms with Gasteiger partial charge in [0.2, 0.25) is 0 Å². The van der Waals surface area contributed by atoms with Gasteiger partial charge in [0.25, 0.3) is 0 Å². The molecule has 0 aliphatic carbocycles. The summed E-state index contributed by atoms with van der Waals surface area (Å²) in [5, 5.41) is 13.5. The molecule has 0 heterocycles. The van der Waals surface area contributed by atoms with Crippen molar-refractivity contribution in [2.75, 3.05) is 6.61 Å². The van der Waals surface area contributed by atoms with Crippen molar-refractivity contribution < 1.29 is 5.11 Å². The Balaban J connectivity index is 4.57. The summed E-state index contributed by atoms with van der Waals surface area (Å²) < 4.78 is 0. The minimum atomic E-state index is -1.78. The molecule has 0 saturated heterocycles. The molecular weight excluding hydrogens is 269 g/mol. The Morgan fingerprint density at radius 3 is 1.53 bits per heavy atom. The van der Waals surface area contributed by atoms with Crippen molar-refractivity contribution in [2.24, 2.45) is 0 Å². The van der Waals surface area contributed by atoms with Gasteiger partial charge < -0.3 is 0 Å². The fourth-order valence-corrected chi connectivity index (χ4v) is 13.1. The molecule has 0 aromatic carbocycles. The first-order valence-corrected chi connectivity index (χ1v) is 13.2. The monoisotopic (exact) mass is 302 g/mol. The molecule has 0 saturated carbocycles. The minimum absolute atomic E-state index is 0.234. The predicted octanol–water partition coefficient (Wildman–Crippen LogP) is 4.92. The van der Waals surface area contributed by atoms with Gasteiger partial charge in [-0.05, 0) is 0 Å². The molecule has 0 fully saturated rings. The van der Waals surface area contributed by atoms with Gasteiger partial charge in [-0.1, -0.05) is 0 Å². The van der Waals surface area contributed by atoms with E-state index in [2.05, 4.69) is 25.7 Å². The van der Waals surface area contributed by atoms with Crippen LogP contribution in [0.4, 0.5) is 0 Å². The fraction of sp³-hybridized carbons (Fsp3) is 0.867. The number of rotatable bonds is 11. The summed E-state index contributed by atoms with van der Waals surface area (Å²) in [5.74, 6) is 0. The summed E-state index contributed by atoms with van der Waals surface area (Å²) in [4.78, 5) is 2.50. The van der Waals surface area contributed by atoms with E-state index in [-0.39, 0.29) is 6.61 Å². The fourth-order valence-electron chi connectivity index (χ4n) is 2.51. The van der Waals surface area contributed by atoms with E-state index < -0.39 is 13.3 Å². The van der Waals surface area contributed by atoms with Crippen molar-refractivity contribution >= 4 is 13.3 Å². The molecule has 102 valence electrons. The Kier molecular flexibility index (Phi) is 11.5. The average molecular weight is 301 g/mol. The predicted molar refractivity (Wildman–Crippen MR) is 81.1 cm³/mol. The zero-order chi connectivity index (χ0) is 13.0. The maximum absolute atomic E-state index is 9.05. The maximum atomic E-state index is 9.05. The Labute approximate surface area is 111 Å². The SMILES string of the molecule is CCC[CH2][Ge](/[CH]=C\CO)([CH2]CCC)[CH2]CCC. The van der Waals surface area contributed by atoms with Crippen molar-refractivity contribution in [2.45, 2.75) is 75.1 Å². The molecule has 0 rings (SSSR count). The van der Waals surface area contributed by atoms with Gasteiger partial charge in [-0.2, -0.15) is 0 Å². The molecule has 0 spiro atoms. The second-order valence-electron chi connectivity index (χ2n) is 5.26. The molecule has 0 bridgehead atoms. The number of hydrogen-bond donors (Lipinski definition) is 1. The first-order chi connectivity index (χ1) is 8.24. The van der Waals surface area contributed by atoms with E-state index in [0.717, 1.165) is 0 Å². The summed E-state index contributed by atoms with van der Waals surface area (Å²) in [5.41, 5.74) is 0. The van der Waals surface area contributed by atoms with E-state index >= 15 is 0 Å². The van der Waals surface area contributed by atoms with Crippen LogP contribution in [0.1, 0.15) is 59.3 Å². The zero-order valence-corrected chi connectivity index (χ0v) is 14.3. The van der Waals surface area contributed by atoms with Crippen LogP contribution in [0.15, 0.2) is 11.0 Å². The van der Waals surface area contributed by atoms with Gasteiger partial charge >= 0.3 is 111 Å². The molecule has 0 aliphatic rings. The summed E-state index contributed by atoms with van der Waals surface area (Å²) in [6, 6.07) is 0. The second-order valence-corrected chi connectivity index (χ2v) is 14.8. The average Bonchev–Trinajstić information content (AvgIpc) is 2.37. The summed E-state index contributed by atoms with van der Waals surface area (Å²) >= 11 is -1.78. The molecule has 2 heteroatoms. The van der Waals surface area contributed by atoms with Crippen LogP contribution >= 0.6 is 0 Å². The van der Waals surface area contributed by atoms with Gasteiger partial charge in [0.05, 0.1) is 0 Å². The third-order valence-corrected chi connectivity index (χ3v) is 14.1. The first kappa shape index (κ1) is 17.2. The molecule has 1 N–H and O–H groups in total. The van der Waals surface area contributed by atoms with Crippen molar-refractivity contribution in [3.8, 4) is 0 Å². The van der Waals surface area contributed by atoms with Gasteiger partial charge in [0, 0.05) is 0 Å². The van der Waals surface area contributed by atoms with Gasteiger partial charge in [-0.25, -0.2) is 0 Å². The van der Waals surface area contributed by atoms with Crippen molar-refractivity contribution in [3.63, 3.8) is 0 Å². The Morgan fingerprint density at radius 2 is 1.24 bits per heavy atom. The van der Waals surface area contributed by atoms with Crippen LogP contribution in [0.25, 0.3) is 0 Å². The van der Waals surface area contributed by atoms with Crippen LogP contribution < -0.4 is 0 Å². The van der Waals surface area contributed by atoms with Gasteiger partial charge in [0.15, 0.2) is 0 Å². The Hall–Kier alpha value is 0.243. The van der Waals surface area contributed by atoms with Crippen LogP contribution in [-0.2, 0) is 0 Å². The van der Waals surface area contributed by atoms with Gasteiger partial charge in [-0.3, -0.25) is 0 Å². The van der Waals surface area contributed by atoms with E-state index in [9.17, 15) is 0 Å². The Morgan fingerprint density at radius 1 is 0.824 bits per heavy atom. The first-order valence-electron chi connectivity index (χ1n) is 7.53. The van der Waals surface area contributed by atoms with Crippen LogP contribution in [-0.4, -0.2) is 25.0 Å². The van der Waals surface area contributed by atoms with E-state index in [4.69, 9.17) is 5.11 Å². The topological polar surface area (TPSA) is 20.2 Å². The third-order valence-electron chi connectivity index (χ3n) is 3.66. The van der Waals surface area contributed by atoms with Crippen LogP contribution in [0, 0.1) is 0 Å². The molecule has 0 aromatic rings. The Bertz CT molecular complexity index is 168. The normalized spacial score (nSPS) is 12.5. The van der Waals surface area contributed by atoms with Crippen molar-refractivity contribution in [1.29, 1.82) is 0 Å². The number of aliphatic hydroxyl groups is 1. The molecule has 0 amide bonds. The van der Waals surface area contributed by atoms with Crippen molar-refractivity contribution in [3.05, 3.63) is 11.0 Å². The number of unbranched alkanes of at least 4 members (excludes halogenated alkanes) is 3. The van der Waals surface area contributed by atoms with Gasteiger partial charge in [0.1, 0.15) is 0 Å². The van der Waals surface area contributed by atoms with E-state index in [1.165, 1.54) is 54.3 Å². The molecule has 17 heavy (non-hydrogen) atoms. The third kappa shape index (κ3) is 8.04. The standard InChI is InChI=1S/C15H32GeO/c1-4-7-11-16(12-8-5-2,13-9-6-3)14-10-15-17/h10,14,17H,4-9,11-13,15H2,1-3H3/b14-10-. The van der Waals surface area contributed by atoms with Gasteiger partial charge in [-0.15, -0.1) is 0 Å². The van der Waals surface area contributed by atoms with Crippen molar-refractivity contribution in [1.82, 2.24) is 0 Å². The quantitative estimate of drug-likeness (QED) is 0.537. The van der Waals surface area contributed by atoms with E-state index in [1.807, 2.05) is 6.08 Å². The number of hydrogen-bond acceptors (Lipinski definition) is 1. The zero-order valence-electron chi connectivity index (χ0n) is 12.2. The van der Waals surface area contributed by atoms with Crippen LogP contribution in [0.3, 0.4) is 0 Å². The summed E-state index contributed by atoms with van der Waals surface area (Å²) in [6.07, 6.45) is 10.2. The molecule has 0 aromatic heterocycles. The van der Waals surface area contributed by atoms with E-state index in [0.29, 0.717) is 0 Å². The summed E-state index contributed by atoms with van der Waals surface area (Å²) in [7, 11) is 0. The number of aliphatic hydroxyl groups excluding tert-OH is 1. The molecular formula is C15H32GeO. The molecule has 0 radical (unpaired) electrons. The molecule has 1 nitrogen and oxygen atoms in total. The van der Waals surface area contributed by atoms with Crippen LogP contribution in [0.5, 0.6) is 0 Å². The molecule has 0 atom stereocenters. The summed E-state index contributed by atoms with van der Waals surface area (Å²) in [6.45, 7) is 7.12.